The highest BCUT2D eigenvalue weighted by Crippen LogP contribution is 2.35. The van der Waals surface area contributed by atoms with Crippen LogP contribution < -0.4 is 0 Å². The molecule has 0 aliphatic rings. The van der Waals surface area contributed by atoms with Crippen molar-refractivity contribution < 1.29 is 4.79 Å². The van der Waals surface area contributed by atoms with Crippen LogP contribution in [0.3, 0.4) is 0 Å². The van der Waals surface area contributed by atoms with Crippen LogP contribution in [0.15, 0.2) is 42.5 Å². The SMILES string of the molecule is O=Cc1c(-c2ccccc2)[nH]c2cc(Cl)cc(Cl)c12. The van der Waals surface area contributed by atoms with Crippen LogP contribution in [0.25, 0.3) is 22.2 Å². The Bertz CT molecular complexity index is 763. The Balaban J connectivity index is 2.38. The fraction of sp³-hybridized carbons (Fsp3) is 0. The zero-order valence-electron chi connectivity index (χ0n) is 9.78. The zero-order chi connectivity index (χ0) is 13.4. The van der Waals surface area contributed by atoms with E-state index in [-0.39, 0.29) is 0 Å². The van der Waals surface area contributed by atoms with E-state index in [9.17, 15) is 4.79 Å². The molecule has 0 saturated heterocycles. The van der Waals surface area contributed by atoms with Gasteiger partial charge in [0.1, 0.15) is 0 Å². The predicted octanol–water partition coefficient (Wildman–Crippen LogP) is 4.95. The molecular formula is C15H9Cl2NO. The van der Waals surface area contributed by atoms with Crippen molar-refractivity contribution in [3.8, 4) is 11.3 Å². The highest BCUT2D eigenvalue weighted by atomic mass is 35.5. The van der Waals surface area contributed by atoms with Crippen LogP contribution in [0, 0.1) is 0 Å². The molecule has 19 heavy (non-hydrogen) atoms. The third kappa shape index (κ3) is 2.03. The van der Waals surface area contributed by atoms with Crippen molar-refractivity contribution in [2.45, 2.75) is 0 Å². The number of rotatable bonds is 2. The topological polar surface area (TPSA) is 32.9 Å². The number of hydrogen-bond donors (Lipinski definition) is 1. The Hall–Kier alpha value is -1.77. The predicted molar refractivity (Wildman–Crippen MR) is 79.1 cm³/mol. The average Bonchev–Trinajstić information content (AvgIpc) is 2.78. The first kappa shape index (κ1) is 12.3. The van der Waals surface area contributed by atoms with Crippen molar-refractivity contribution in [2.75, 3.05) is 0 Å². The van der Waals surface area contributed by atoms with E-state index in [4.69, 9.17) is 23.2 Å². The standard InChI is InChI=1S/C15H9Cl2NO/c16-10-6-12(17)14-11(8-19)15(18-13(14)7-10)9-4-2-1-3-5-9/h1-8,18H. The van der Waals surface area contributed by atoms with Crippen LogP contribution in [0.4, 0.5) is 0 Å². The van der Waals surface area contributed by atoms with Gasteiger partial charge in [0.2, 0.25) is 0 Å². The highest BCUT2D eigenvalue weighted by Gasteiger charge is 2.15. The first-order valence-electron chi connectivity index (χ1n) is 5.72. The van der Waals surface area contributed by atoms with Gasteiger partial charge in [-0.3, -0.25) is 4.79 Å². The second-order valence-corrected chi connectivity index (χ2v) is 5.05. The molecule has 1 aromatic heterocycles. The molecule has 0 amide bonds. The molecule has 1 heterocycles. The average molecular weight is 290 g/mol. The van der Waals surface area contributed by atoms with Crippen molar-refractivity contribution in [3.05, 3.63) is 58.1 Å². The third-order valence-corrected chi connectivity index (χ3v) is 3.55. The molecule has 0 unspecified atom stereocenters. The first-order chi connectivity index (χ1) is 9.20. The number of carbonyl (C=O) groups excluding carboxylic acids is 1. The van der Waals surface area contributed by atoms with Gasteiger partial charge >= 0.3 is 0 Å². The van der Waals surface area contributed by atoms with Crippen molar-refractivity contribution >= 4 is 40.4 Å². The normalized spacial score (nSPS) is 10.8. The van der Waals surface area contributed by atoms with Gasteiger partial charge in [0.05, 0.1) is 10.7 Å². The lowest BCUT2D eigenvalue weighted by molar-refractivity contribution is 0.112. The molecule has 94 valence electrons. The van der Waals surface area contributed by atoms with Gasteiger partial charge in [0, 0.05) is 21.5 Å². The molecule has 2 nitrogen and oxygen atoms in total. The van der Waals surface area contributed by atoms with Crippen molar-refractivity contribution in [3.63, 3.8) is 0 Å². The number of nitrogens with one attached hydrogen (secondary N) is 1. The molecule has 4 heteroatoms. The molecular weight excluding hydrogens is 281 g/mol. The summed E-state index contributed by atoms with van der Waals surface area (Å²) in [6.45, 7) is 0. The molecule has 0 spiro atoms. The summed E-state index contributed by atoms with van der Waals surface area (Å²) in [5, 5.41) is 1.72. The van der Waals surface area contributed by atoms with E-state index in [1.54, 1.807) is 12.1 Å². The van der Waals surface area contributed by atoms with Crippen LogP contribution in [0.1, 0.15) is 10.4 Å². The molecule has 0 aliphatic heterocycles. The molecule has 0 aliphatic carbocycles. The van der Waals surface area contributed by atoms with E-state index in [1.807, 2.05) is 30.3 Å². The largest absolute Gasteiger partial charge is 0.354 e. The lowest BCUT2D eigenvalue weighted by atomic mass is 10.1. The number of fused-ring (bicyclic) bond motifs is 1. The number of hydrogen-bond acceptors (Lipinski definition) is 1. The van der Waals surface area contributed by atoms with Gasteiger partial charge in [-0.1, -0.05) is 53.5 Å². The van der Waals surface area contributed by atoms with E-state index in [0.717, 1.165) is 23.1 Å². The molecule has 3 aromatic rings. The summed E-state index contributed by atoms with van der Waals surface area (Å²) in [4.78, 5) is 14.6. The second-order valence-electron chi connectivity index (χ2n) is 4.21. The Morgan fingerprint density at radius 3 is 2.47 bits per heavy atom. The number of aldehydes is 1. The molecule has 0 saturated carbocycles. The van der Waals surface area contributed by atoms with Gasteiger partial charge in [-0.05, 0) is 17.7 Å². The number of H-pyrrole nitrogens is 1. The summed E-state index contributed by atoms with van der Waals surface area (Å²) >= 11 is 12.2. The Morgan fingerprint density at radius 1 is 1.05 bits per heavy atom. The van der Waals surface area contributed by atoms with Crippen LogP contribution >= 0.6 is 23.2 Å². The molecule has 3 rings (SSSR count). The first-order valence-corrected chi connectivity index (χ1v) is 6.47. The number of benzene rings is 2. The van der Waals surface area contributed by atoms with Crippen LogP contribution in [0.2, 0.25) is 10.0 Å². The van der Waals surface area contributed by atoms with Gasteiger partial charge in [0.25, 0.3) is 0 Å². The zero-order valence-corrected chi connectivity index (χ0v) is 11.3. The summed E-state index contributed by atoms with van der Waals surface area (Å²) in [5.74, 6) is 0. The van der Waals surface area contributed by atoms with Crippen molar-refractivity contribution in [2.24, 2.45) is 0 Å². The highest BCUT2D eigenvalue weighted by molar-refractivity contribution is 6.39. The van der Waals surface area contributed by atoms with Gasteiger partial charge in [-0.2, -0.15) is 0 Å². The van der Waals surface area contributed by atoms with E-state index in [0.29, 0.717) is 21.0 Å². The number of halogens is 2. The van der Waals surface area contributed by atoms with E-state index in [2.05, 4.69) is 4.98 Å². The monoisotopic (exact) mass is 289 g/mol. The fourth-order valence-corrected chi connectivity index (χ4v) is 2.82. The summed E-state index contributed by atoms with van der Waals surface area (Å²) in [5.41, 5.74) is 3.02. The molecule has 1 N–H and O–H groups in total. The molecule has 0 atom stereocenters. The minimum Gasteiger partial charge on any atom is -0.354 e. The van der Waals surface area contributed by atoms with E-state index in [1.165, 1.54) is 0 Å². The van der Waals surface area contributed by atoms with Crippen molar-refractivity contribution in [1.82, 2.24) is 4.98 Å². The number of aromatic nitrogens is 1. The molecule has 0 radical (unpaired) electrons. The van der Waals surface area contributed by atoms with Crippen LogP contribution in [0.5, 0.6) is 0 Å². The minimum absolute atomic E-state index is 0.475. The summed E-state index contributed by atoms with van der Waals surface area (Å²) in [6, 6.07) is 13.0. The van der Waals surface area contributed by atoms with Gasteiger partial charge in [-0.15, -0.1) is 0 Å². The maximum Gasteiger partial charge on any atom is 0.152 e. The number of carbonyl (C=O) groups is 1. The van der Waals surface area contributed by atoms with E-state index >= 15 is 0 Å². The quantitative estimate of drug-likeness (QED) is 0.665. The molecule has 2 aromatic carbocycles. The van der Waals surface area contributed by atoms with Crippen molar-refractivity contribution in [1.29, 1.82) is 0 Å². The van der Waals surface area contributed by atoms with Crippen LogP contribution in [-0.4, -0.2) is 11.3 Å². The smallest absolute Gasteiger partial charge is 0.152 e. The third-order valence-electron chi connectivity index (χ3n) is 3.03. The lowest BCUT2D eigenvalue weighted by Crippen LogP contribution is -1.84. The Kier molecular flexibility index (Phi) is 3.05. The maximum absolute atomic E-state index is 11.4. The lowest BCUT2D eigenvalue weighted by Gasteiger charge is -1.99. The Labute approximate surface area is 120 Å². The van der Waals surface area contributed by atoms with Gasteiger partial charge < -0.3 is 4.98 Å². The van der Waals surface area contributed by atoms with Gasteiger partial charge in [-0.25, -0.2) is 0 Å². The molecule has 0 fully saturated rings. The van der Waals surface area contributed by atoms with Gasteiger partial charge in [0.15, 0.2) is 6.29 Å². The van der Waals surface area contributed by atoms with Crippen LogP contribution in [-0.2, 0) is 0 Å². The summed E-state index contributed by atoms with van der Waals surface area (Å²) < 4.78 is 0. The number of aromatic amines is 1. The summed E-state index contributed by atoms with van der Waals surface area (Å²) in [6.07, 6.45) is 0.820. The summed E-state index contributed by atoms with van der Waals surface area (Å²) in [7, 11) is 0. The maximum atomic E-state index is 11.4. The second kappa shape index (κ2) is 4.72. The minimum atomic E-state index is 0.475. The van der Waals surface area contributed by atoms with E-state index < -0.39 is 0 Å². The molecule has 0 bridgehead atoms. The fourth-order valence-electron chi connectivity index (χ4n) is 2.22. The Morgan fingerprint density at radius 2 is 1.79 bits per heavy atom.